The van der Waals surface area contributed by atoms with Gasteiger partial charge in [-0.1, -0.05) is 35.4 Å². The molecule has 30 heavy (non-hydrogen) atoms. The fourth-order valence-corrected chi connectivity index (χ4v) is 4.04. The number of hydrogen-bond donors (Lipinski definition) is 0. The van der Waals surface area contributed by atoms with E-state index in [0.29, 0.717) is 27.2 Å². The highest BCUT2D eigenvalue weighted by molar-refractivity contribution is 6.30. The van der Waals surface area contributed by atoms with Gasteiger partial charge in [-0.15, -0.1) is 0 Å². The molecule has 1 amide bonds. The number of nitrogens with zero attached hydrogens (tertiary/aromatic N) is 1. The predicted octanol–water partition coefficient (Wildman–Crippen LogP) is 5.64. The molecule has 0 spiro atoms. The van der Waals surface area contributed by atoms with Crippen LogP contribution in [0.25, 0.3) is 11.0 Å². The van der Waals surface area contributed by atoms with Gasteiger partial charge in [0, 0.05) is 10.7 Å². The molecule has 4 nitrogen and oxygen atoms in total. The molecule has 0 saturated heterocycles. The van der Waals surface area contributed by atoms with E-state index in [-0.39, 0.29) is 16.8 Å². The SMILES string of the molecule is Cc1ccc2oc3c(c(=O)c2c1)C(c1ccc(Cl)cc1)N(c1ccc(F)cc1)C3=O. The Morgan fingerprint density at radius 2 is 1.67 bits per heavy atom. The fourth-order valence-electron chi connectivity index (χ4n) is 3.92. The molecule has 0 radical (unpaired) electrons. The van der Waals surface area contributed by atoms with Crippen molar-refractivity contribution in [2.24, 2.45) is 0 Å². The Morgan fingerprint density at radius 3 is 2.37 bits per heavy atom. The highest BCUT2D eigenvalue weighted by atomic mass is 35.5. The van der Waals surface area contributed by atoms with Crippen LogP contribution in [0.4, 0.5) is 10.1 Å². The van der Waals surface area contributed by atoms with Crippen LogP contribution in [-0.4, -0.2) is 5.91 Å². The summed E-state index contributed by atoms with van der Waals surface area (Å²) in [6, 6.07) is 17.1. The molecule has 1 aliphatic rings. The van der Waals surface area contributed by atoms with Crippen molar-refractivity contribution in [1.29, 1.82) is 0 Å². The number of benzene rings is 3. The largest absolute Gasteiger partial charge is 0.450 e. The van der Waals surface area contributed by atoms with E-state index in [2.05, 4.69) is 0 Å². The third kappa shape index (κ3) is 2.82. The topological polar surface area (TPSA) is 50.5 Å². The summed E-state index contributed by atoms with van der Waals surface area (Å²) in [7, 11) is 0. The molecule has 3 aromatic carbocycles. The van der Waals surface area contributed by atoms with Crippen LogP contribution in [0, 0.1) is 12.7 Å². The van der Waals surface area contributed by atoms with Gasteiger partial charge in [0.15, 0.2) is 5.43 Å². The number of hydrogen-bond acceptors (Lipinski definition) is 3. The summed E-state index contributed by atoms with van der Waals surface area (Å²) in [4.78, 5) is 28.3. The molecule has 0 aliphatic carbocycles. The number of fused-ring (bicyclic) bond motifs is 2. The molecule has 4 aromatic rings. The summed E-state index contributed by atoms with van der Waals surface area (Å²) < 4.78 is 19.4. The van der Waals surface area contributed by atoms with Crippen molar-refractivity contribution in [1.82, 2.24) is 0 Å². The van der Waals surface area contributed by atoms with Gasteiger partial charge in [-0.2, -0.15) is 0 Å². The minimum Gasteiger partial charge on any atom is -0.450 e. The molecule has 1 unspecified atom stereocenters. The first kappa shape index (κ1) is 18.6. The Hall–Kier alpha value is -3.44. The molecule has 1 aromatic heterocycles. The zero-order valence-electron chi connectivity index (χ0n) is 15.9. The Balaban J connectivity index is 1.81. The van der Waals surface area contributed by atoms with E-state index in [0.717, 1.165) is 5.56 Å². The predicted molar refractivity (Wildman–Crippen MR) is 114 cm³/mol. The molecule has 5 rings (SSSR count). The van der Waals surface area contributed by atoms with Crippen LogP contribution >= 0.6 is 11.6 Å². The number of carbonyl (C=O) groups is 1. The molecule has 1 atom stereocenters. The Morgan fingerprint density at radius 1 is 0.967 bits per heavy atom. The van der Waals surface area contributed by atoms with Gasteiger partial charge < -0.3 is 4.42 Å². The summed E-state index contributed by atoms with van der Waals surface area (Å²) in [5, 5.41) is 0.958. The number of aryl methyl sites for hydroxylation is 1. The van der Waals surface area contributed by atoms with Gasteiger partial charge >= 0.3 is 0 Å². The van der Waals surface area contributed by atoms with Gasteiger partial charge in [-0.25, -0.2) is 4.39 Å². The second kappa shape index (κ2) is 6.82. The lowest BCUT2D eigenvalue weighted by molar-refractivity contribution is 0.0971. The maximum absolute atomic E-state index is 13.5. The number of carbonyl (C=O) groups excluding carboxylic acids is 1. The fraction of sp³-hybridized carbons (Fsp3) is 0.0833. The van der Waals surface area contributed by atoms with E-state index in [1.807, 2.05) is 13.0 Å². The van der Waals surface area contributed by atoms with E-state index in [1.54, 1.807) is 36.4 Å². The van der Waals surface area contributed by atoms with Crippen LogP contribution in [0.1, 0.15) is 33.3 Å². The summed E-state index contributed by atoms with van der Waals surface area (Å²) in [5.74, 6) is -0.863. The minimum absolute atomic E-state index is 0.000582. The summed E-state index contributed by atoms with van der Waals surface area (Å²) in [6.45, 7) is 1.89. The van der Waals surface area contributed by atoms with Crippen LogP contribution in [0.15, 0.2) is 75.9 Å². The number of rotatable bonds is 2. The molecule has 0 N–H and O–H groups in total. The first-order valence-electron chi connectivity index (χ1n) is 9.36. The Kier molecular flexibility index (Phi) is 4.22. The molecule has 0 saturated carbocycles. The average molecular weight is 420 g/mol. The Bertz CT molecular complexity index is 1360. The second-order valence-electron chi connectivity index (χ2n) is 7.28. The lowest BCUT2D eigenvalue weighted by Crippen LogP contribution is -2.29. The van der Waals surface area contributed by atoms with Crippen molar-refractivity contribution in [2.75, 3.05) is 4.90 Å². The van der Waals surface area contributed by atoms with E-state index in [4.69, 9.17) is 16.0 Å². The number of amides is 1. The van der Waals surface area contributed by atoms with Crippen molar-refractivity contribution in [3.8, 4) is 0 Å². The first-order chi connectivity index (χ1) is 14.4. The molecule has 2 heterocycles. The van der Waals surface area contributed by atoms with Crippen molar-refractivity contribution < 1.29 is 13.6 Å². The van der Waals surface area contributed by atoms with Gasteiger partial charge in [-0.3, -0.25) is 14.5 Å². The van der Waals surface area contributed by atoms with Crippen molar-refractivity contribution in [2.45, 2.75) is 13.0 Å². The molecular formula is C24H15ClFNO3. The van der Waals surface area contributed by atoms with Crippen molar-refractivity contribution in [3.05, 3.63) is 110 Å². The van der Waals surface area contributed by atoms with Gasteiger partial charge in [0.1, 0.15) is 11.4 Å². The number of anilines is 1. The zero-order chi connectivity index (χ0) is 21.0. The number of halogens is 2. The quantitative estimate of drug-likeness (QED) is 0.422. The van der Waals surface area contributed by atoms with Crippen LogP contribution < -0.4 is 10.3 Å². The molecule has 0 bridgehead atoms. The normalized spacial score (nSPS) is 15.6. The zero-order valence-corrected chi connectivity index (χ0v) is 16.6. The van der Waals surface area contributed by atoms with E-state index in [1.165, 1.54) is 29.2 Å². The third-order valence-corrected chi connectivity index (χ3v) is 5.57. The highest BCUT2D eigenvalue weighted by Crippen LogP contribution is 2.41. The van der Waals surface area contributed by atoms with Gasteiger partial charge in [0.05, 0.1) is 17.0 Å². The molecular weight excluding hydrogens is 405 g/mol. The maximum Gasteiger partial charge on any atom is 0.295 e. The minimum atomic E-state index is -0.712. The maximum atomic E-state index is 13.5. The van der Waals surface area contributed by atoms with Crippen LogP contribution in [0.3, 0.4) is 0 Å². The summed E-state index contributed by atoms with van der Waals surface area (Å²) in [5.41, 5.74) is 2.45. The lowest BCUT2D eigenvalue weighted by Gasteiger charge is -2.25. The Labute approximate surface area is 176 Å². The standard InChI is InChI=1S/C24H15ClFNO3/c1-13-2-11-19-18(12-13)22(28)20-21(14-3-5-15(25)6-4-14)27(24(29)23(20)30-19)17-9-7-16(26)8-10-17/h2-12,21H,1H3. The van der Waals surface area contributed by atoms with Crippen molar-refractivity contribution >= 4 is 34.2 Å². The summed E-state index contributed by atoms with van der Waals surface area (Å²) in [6.07, 6.45) is 0. The first-order valence-corrected chi connectivity index (χ1v) is 9.74. The highest BCUT2D eigenvalue weighted by Gasteiger charge is 2.43. The van der Waals surface area contributed by atoms with Gasteiger partial charge in [0.2, 0.25) is 5.76 Å². The van der Waals surface area contributed by atoms with Gasteiger partial charge in [0.25, 0.3) is 5.91 Å². The van der Waals surface area contributed by atoms with E-state index in [9.17, 15) is 14.0 Å². The average Bonchev–Trinajstić information content (AvgIpc) is 3.03. The van der Waals surface area contributed by atoms with Crippen molar-refractivity contribution in [3.63, 3.8) is 0 Å². The molecule has 6 heteroatoms. The molecule has 0 fully saturated rings. The smallest absolute Gasteiger partial charge is 0.295 e. The van der Waals surface area contributed by atoms with Crippen LogP contribution in [0.5, 0.6) is 0 Å². The van der Waals surface area contributed by atoms with Crippen LogP contribution in [0.2, 0.25) is 5.02 Å². The van der Waals surface area contributed by atoms with E-state index >= 15 is 0 Å². The molecule has 1 aliphatic heterocycles. The lowest BCUT2D eigenvalue weighted by atomic mass is 9.98. The second-order valence-corrected chi connectivity index (χ2v) is 7.72. The van der Waals surface area contributed by atoms with Crippen LogP contribution in [-0.2, 0) is 0 Å². The van der Waals surface area contributed by atoms with E-state index < -0.39 is 17.8 Å². The third-order valence-electron chi connectivity index (χ3n) is 5.32. The summed E-state index contributed by atoms with van der Waals surface area (Å²) >= 11 is 6.04. The van der Waals surface area contributed by atoms with Gasteiger partial charge in [-0.05, 0) is 61.0 Å². The molecule has 148 valence electrons. The monoisotopic (exact) mass is 419 g/mol.